The highest BCUT2D eigenvalue weighted by atomic mass is 35.5. The highest BCUT2D eigenvalue weighted by Gasteiger charge is 2.69. The summed E-state index contributed by atoms with van der Waals surface area (Å²) in [5, 5.41) is 19.8. The van der Waals surface area contributed by atoms with Crippen molar-refractivity contribution < 1.29 is 33.8 Å². The van der Waals surface area contributed by atoms with E-state index in [1.807, 2.05) is 91.8 Å². The predicted octanol–water partition coefficient (Wildman–Crippen LogP) is 9.46. The van der Waals surface area contributed by atoms with Gasteiger partial charge in [0, 0.05) is 30.7 Å². The van der Waals surface area contributed by atoms with Gasteiger partial charge in [0.25, 0.3) is 0 Å². The van der Waals surface area contributed by atoms with Crippen molar-refractivity contribution in [3.63, 3.8) is 0 Å². The van der Waals surface area contributed by atoms with Crippen molar-refractivity contribution in [3.8, 4) is 17.2 Å². The van der Waals surface area contributed by atoms with E-state index in [1.165, 1.54) is 24.0 Å². The number of ether oxygens (including phenoxy) is 2. The van der Waals surface area contributed by atoms with Crippen molar-refractivity contribution in [2.45, 2.75) is 18.3 Å². The van der Waals surface area contributed by atoms with Gasteiger partial charge in [-0.1, -0.05) is 71.8 Å². The molecule has 318 valence electrons. The molecule has 1 saturated carbocycles. The Bertz CT molecular complexity index is 2710. The molecule has 4 amide bonds. The van der Waals surface area contributed by atoms with Crippen molar-refractivity contribution >= 4 is 69.7 Å². The van der Waals surface area contributed by atoms with Crippen LogP contribution >= 0.6 is 11.6 Å². The minimum absolute atomic E-state index is 0.149. The third kappa shape index (κ3) is 6.85. The van der Waals surface area contributed by atoms with E-state index in [2.05, 4.69) is 10.2 Å². The number of aromatic hydroxyl groups is 1. The second kappa shape index (κ2) is 16.3. The number of allylic oxidation sites excluding steroid dienone is 3. The molecule has 0 spiro atoms. The number of hydrogen-bond acceptors (Lipinski definition) is 10. The third-order valence-electron chi connectivity index (χ3n) is 13.0. The van der Waals surface area contributed by atoms with Gasteiger partial charge in [-0.2, -0.15) is 10.2 Å². The van der Waals surface area contributed by atoms with Crippen molar-refractivity contribution in [1.82, 2.24) is 0 Å². The van der Waals surface area contributed by atoms with E-state index in [0.717, 1.165) is 11.3 Å². The number of imide groups is 2. The lowest BCUT2D eigenvalue weighted by Crippen LogP contribution is -2.54. The number of amides is 4. The number of rotatable bonds is 10. The van der Waals surface area contributed by atoms with Crippen LogP contribution in [-0.2, 0) is 24.6 Å². The van der Waals surface area contributed by atoms with Crippen LogP contribution in [0.15, 0.2) is 143 Å². The van der Waals surface area contributed by atoms with Crippen LogP contribution in [0.3, 0.4) is 0 Å². The number of nitrogens with zero attached hydrogens (tertiary/aromatic N) is 5. The average molecular weight is 862 g/mol. The smallest absolute Gasteiger partial charge is 0.246 e. The number of carbonyl (C=O) groups is 4. The first-order valence-electron chi connectivity index (χ1n) is 20.7. The molecule has 13 heteroatoms. The maximum absolute atomic E-state index is 15.5. The summed E-state index contributed by atoms with van der Waals surface area (Å²) < 4.78 is 10.9. The van der Waals surface area contributed by atoms with Gasteiger partial charge in [0.1, 0.15) is 0 Å². The van der Waals surface area contributed by atoms with E-state index in [1.54, 1.807) is 60.7 Å². The Hall–Kier alpha value is -7.05. The number of hydrogen-bond donors (Lipinski definition) is 1. The van der Waals surface area contributed by atoms with Crippen LogP contribution in [0.4, 0.5) is 28.4 Å². The number of methoxy groups -OCH3 is 2. The number of benzene rings is 5. The van der Waals surface area contributed by atoms with Gasteiger partial charge >= 0.3 is 0 Å². The molecule has 63 heavy (non-hydrogen) atoms. The van der Waals surface area contributed by atoms with E-state index < -0.39 is 46.8 Å². The van der Waals surface area contributed by atoms with Gasteiger partial charge in [0.2, 0.25) is 29.4 Å². The van der Waals surface area contributed by atoms with Crippen LogP contribution in [0.2, 0.25) is 5.02 Å². The second-order valence-corrected chi connectivity index (χ2v) is 16.8. The van der Waals surface area contributed by atoms with Crippen molar-refractivity contribution in [2.75, 3.05) is 43.0 Å². The third-order valence-corrected chi connectivity index (χ3v) is 13.2. The Morgan fingerprint density at radius 3 is 2.02 bits per heavy atom. The maximum Gasteiger partial charge on any atom is 0.246 e. The zero-order chi connectivity index (χ0) is 44.2. The first-order valence-corrected chi connectivity index (χ1v) is 21.0. The Balaban J connectivity index is 1.12. The van der Waals surface area contributed by atoms with Crippen LogP contribution in [0.25, 0.3) is 6.08 Å². The topological polar surface area (TPSA) is 141 Å². The minimum atomic E-state index is -1.44. The van der Waals surface area contributed by atoms with Gasteiger partial charge in [0.05, 0.1) is 60.1 Å². The van der Waals surface area contributed by atoms with Gasteiger partial charge in [-0.3, -0.25) is 24.1 Å². The number of phenols is 1. The van der Waals surface area contributed by atoms with Gasteiger partial charge in [-0.15, -0.1) is 0 Å². The minimum Gasteiger partial charge on any atom is -0.502 e. The van der Waals surface area contributed by atoms with Gasteiger partial charge in [-0.25, -0.2) is 4.90 Å². The molecule has 9 rings (SSSR count). The van der Waals surface area contributed by atoms with Gasteiger partial charge < -0.3 is 19.5 Å². The molecule has 0 aromatic heterocycles. The van der Waals surface area contributed by atoms with Crippen LogP contribution in [0, 0.1) is 29.6 Å². The zero-order valence-electron chi connectivity index (χ0n) is 35.0. The summed E-state index contributed by atoms with van der Waals surface area (Å²) in [6.45, 7) is 0. The van der Waals surface area contributed by atoms with Crippen molar-refractivity contribution in [2.24, 2.45) is 39.8 Å². The summed E-state index contributed by atoms with van der Waals surface area (Å²) >= 11 is 6.45. The number of anilines is 3. The SMILES string of the molecule is COc1cc(C=C[C@H]2C3=CC[C@@H]4C(=O)N(c5ccc(N=Nc6ccc(N(C)C)cc6)cc5)C(=O)[C@@H]4[C@@H]3C[C@H]3C(=O)N(c4cccc(Cl)c4)C(=O)[C@@]23c2ccccc2)cc(OC)c1O. The fourth-order valence-electron chi connectivity index (χ4n) is 10.1. The molecule has 3 fully saturated rings. The lowest BCUT2D eigenvalue weighted by molar-refractivity contribution is -0.128. The standard InChI is InChI=1S/C50H44ClN5O7/c1-54(2)34-18-14-32(15-19-34)52-53-33-16-20-35(21-17-33)55-46(58)38-23-22-37-39(44(38)48(55)60)28-41-47(59)56(36-12-8-11-31(51)27-36)49(61)50(41,30-9-6-5-7-10-30)40(37)24-13-29-25-42(62-3)45(57)43(26-29)63-4/h5-22,24-27,38-41,44,57H,23,28H2,1-4H3/t38-,39+,40-,41-,44-,50-/m0/s1. The number of azo groups is 1. The lowest BCUT2D eigenvalue weighted by atomic mass is 9.50. The molecule has 12 nitrogen and oxygen atoms in total. The summed E-state index contributed by atoms with van der Waals surface area (Å²) in [5.41, 5.74) is 3.63. The molecule has 2 aliphatic heterocycles. The van der Waals surface area contributed by atoms with Crippen molar-refractivity contribution in [3.05, 3.63) is 149 Å². The Labute approximate surface area is 369 Å². The molecule has 0 bridgehead atoms. The number of halogens is 1. The summed E-state index contributed by atoms with van der Waals surface area (Å²) in [6.07, 6.45) is 6.13. The van der Waals surface area contributed by atoms with Gasteiger partial charge in [0.15, 0.2) is 11.5 Å². The molecule has 2 saturated heterocycles. The van der Waals surface area contributed by atoms with Crippen molar-refractivity contribution in [1.29, 1.82) is 0 Å². The quantitative estimate of drug-likeness (QED) is 0.0832. The highest BCUT2D eigenvalue weighted by Crippen LogP contribution is 2.62. The second-order valence-electron chi connectivity index (χ2n) is 16.4. The lowest BCUT2D eigenvalue weighted by Gasteiger charge is -2.49. The predicted molar refractivity (Wildman–Crippen MR) is 241 cm³/mol. The van der Waals surface area contributed by atoms with Crippen LogP contribution in [0.5, 0.6) is 17.2 Å². The summed E-state index contributed by atoms with van der Waals surface area (Å²) in [6, 6.07) is 33.7. The molecular weight excluding hydrogens is 818 g/mol. The van der Waals surface area contributed by atoms with E-state index in [-0.39, 0.29) is 41.9 Å². The van der Waals surface area contributed by atoms with Crippen LogP contribution in [0.1, 0.15) is 24.0 Å². The first kappa shape index (κ1) is 41.3. The first-order chi connectivity index (χ1) is 30.5. The molecule has 4 aliphatic rings. The molecule has 1 N–H and O–H groups in total. The normalized spacial score (nSPS) is 24.1. The summed E-state index contributed by atoms with van der Waals surface area (Å²) in [5.74, 6) is -5.00. The zero-order valence-corrected chi connectivity index (χ0v) is 35.8. The summed E-state index contributed by atoms with van der Waals surface area (Å²) in [7, 11) is 6.80. The molecule has 5 aromatic carbocycles. The van der Waals surface area contributed by atoms with E-state index in [4.69, 9.17) is 21.1 Å². The highest BCUT2D eigenvalue weighted by molar-refractivity contribution is 6.32. The summed E-state index contributed by atoms with van der Waals surface area (Å²) in [4.78, 5) is 64.2. The largest absolute Gasteiger partial charge is 0.502 e. The molecule has 5 aromatic rings. The molecule has 0 radical (unpaired) electrons. The van der Waals surface area contributed by atoms with Gasteiger partial charge in [-0.05, 0) is 109 Å². The van der Waals surface area contributed by atoms with E-state index >= 15 is 9.59 Å². The number of carbonyl (C=O) groups excluding carboxylic acids is 4. The molecule has 2 heterocycles. The number of fused-ring (bicyclic) bond motifs is 4. The Morgan fingerprint density at radius 2 is 1.40 bits per heavy atom. The molecule has 6 atom stereocenters. The fourth-order valence-corrected chi connectivity index (χ4v) is 10.2. The number of phenolic OH excluding ortho intramolecular Hbond substituents is 1. The maximum atomic E-state index is 15.5. The molecule has 2 aliphatic carbocycles. The Morgan fingerprint density at radius 1 is 0.746 bits per heavy atom. The molecular formula is C50H44ClN5O7. The van der Waals surface area contributed by atoms with Crippen LogP contribution in [-0.4, -0.2) is 57.1 Å². The molecule has 0 unspecified atom stereocenters. The fraction of sp³-hybridized carbons (Fsp3) is 0.240. The Kier molecular flexibility index (Phi) is 10.7. The van der Waals surface area contributed by atoms with Crippen LogP contribution < -0.4 is 24.2 Å². The van der Waals surface area contributed by atoms with E-state index in [9.17, 15) is 14.7 Å². The average Bonchev–Trinajstić information content (AvgIpc) is 3.69. The monoisotopic (exact) mass is 861 g/mol. The van der Waals surface area contributed by atoms with E-state index in [0.29, 0.717) is 38.9 Å².